The lowest BCUT2D eigenvalue weighted by Gasteiger charge is -2.09. The van der Waals surface area contributed by atoms with E-state index in [-0.39, 0.29) is 17.5 Å². The lowest BCUT2D eigenvalue weighted by atomic mass is 10.0. The number of rotatable bonds is 5. The predicted molar refractivity (Wildman–Crippen MR) is 120 cm³/mol. The van der Waals surface area contributed by atoms with Crippen LogP contribution in [-0.2, 0) is 0 Å². The number of benzene rings is 2. The number of anilines is 2. The van der Waals surface area contributed by atoms with E-state index in [1.54, 1.807) is 41.8 Å². The molecule has 0 fully saturated rings. The van der Waals surface area contributed by atoms with Crippen LogP contribution in [0.3, 0.4) is 0 Å². The van der Waals surface area contributed by atoms with Gasteiger partial charge < -0.3 is 20.6 Å². The van der Waals surface area contributed by atoms with Crippen molar-refractivity contribution in [3.8, 4) is 0 Å². The van der Waals surface area contributed by atoms with E-state index in [1.165, 1.54) is 11.3 Å². The Kier molecular flexibility index (Phi) is 5.24. The summed E-state index contributed by atoms with van der Waals surface area (Å²) in [4.78, 5) is 42.0. The van der Waals surface area contributed by atoms with E-state index in [0.717, 1.165) is 5.56 Å². The summed E-state index contributed by atoms with van der Waals surface area (Å²) >= 11 is 1.28. The maximum Gasteiger partial charge on any atom is 0.323 e. The molecule has 0 spiro atoms. The quantitative estimate of drug-likeness (QED) is 0.381. The van der Waals surface area contributed by atoms with Crippen molar-refractivity contribution in [1.82, 2.24) is 9.97 Å². The van der Waals surface area contributed by atoms with Gasteiger partial charge in [-0.3, -0.25) is 9.59 Å². The normalized spacial score (nSPS) is 11.0. The summed E-state index contributed by atoms with van der Waals surface area (Å²) in [7, 11) is 0. The first-order valence-electron chi connectivity index (χ1n) is 9.43. The van der Waals surface area contributed by atoms with Gasteiger partial charge in [0, 0.05) is 11.3 Å². The van der Waals surface area contributed by atoms with Crippen molar-refractivity contribution in [2.75, 3.05) is 10.6 Å². The third kappa shape index (κ3) is 4.04. The van der Waals surface area contributed by atoms with Crippen molar-refractivity contribution >= 4 is 44.9 Å². The van der Waals surface area contributed by atoms with Crippen molar-refractivity contribution in [2.24, 2.45) is 0 Å². The molecule has 2 aromatic heterocycles. The maximum atomic E-state index is 12.7. The standard InChI is InChI=1S/C22H20N4O3S/c1-12(2)13-3-5-14(6-4-13)19(27)26-21-16(9-10-30-21)20(28)23-15-7-8-17-18(11-15)25-22(29)24-17/h3-12H,1-2H3,(H,23,28)(H,26,27)(H2,24,25,29). The Morgan fingerprint density at radius 1 is 0.900 bits per heavy atom. The molecule has 0 saturated heterocycles. The third-order valence-electron chi connectivity index (χ3n) is 4.75. The van der Waals surface area contributed by atoms with E-state index < -0.39 is 0 Å². The summed E-state index contributed by atoms with van der Waals surface area (Å²) in [5.74, 6) is -0.231. The van der Waals surface area contributed by atoms with Gasteiger partial charge in [-0.1, -0.05) is 26.0 Å². The van der Waals surface area contributed by atoms with E-state index in [9.17, 15) is 14.4 Å². The van der Waals surface area contributed by atoms with Crippen LogP contribution in [0.25, 0.3) is 11.0 Å². The highest BCUT2D eigenvalue weighted by molar-refractivity contribution is 7.14. The van der Waals surface area contributed by atoms with Gasteiger partial charge in [0.25, 0.3) is 11.8 Å². The minimum absolute atomic E-state index is 0.270. The van der Waals surface area contributed by atoms with Gasteiger partial charge in [-0.2, -0.15) is 0 Å². The summed E-state index contributed by atoms with van der Waals surface area (Å²) in [5, 5.41) is 7.84. The Bertz CT molecular complexity index is 1280. The fourth-order valence-electron chi connectivity index (χ4n) is 3.09. The average molecular weight is 420 g/mol. The molecule has 0 aliphatic rings. The molecule has 0 saturated carbocycles. The molecule has 7 nitrogen and oxygen atoms in total. The summed E-state index contributed by atoms with van der Waals surface area (Å²) in [5.41, 5.74) is 3.54. The van der Waals surface area contributed by atoms with Gasteiger partial charge >= 0.3 is 5.69 Å². The zero-order chi connectivity index (χ0) is 21.3. The molecule has 2 amide bonds. The molecule has 0 unspecified atom stereocenters. The smallest absolute Gasteiger partial charge is 0.322 e. The Hall–Kier alpha value is -3.65. The number of nitrogens with one attached hydrogen (secondary N) is 4. The van der Waals surface area contributed by atoms with Gasteiger partial charge in [0.1, 0.15) is 5.00 Å². The zero-order valence-corrected chi connectivity index (χ0v) is 17.2. The first-order chi connectivity index (χ1) is 14.4. The Morgan fingerprint density at radius 2 is 1.63 bits per heavy atom. The number of hydrogen-bond donors (Lipinski definition) is 4. The van der Waals surface area contributed by atoms with Crippen LogP contribution >= 0.6 is 11.3 Å². The number of fused-ring (bicyclic) bond motifs is 1. The molecule has 4 rings (SSSR count). The minimum Gasteiger partial charge on any atom is -0.322 e. The van der Waals surface area contributed by atoms with E-state index >= 15 is 0 Å². The predicted octanol–water partition coefficient (Wildman–Crippen LogP) is 4.55. The first-order valence-corrected chi connectivity index (χ1v) is 10.3. The third-order valence-corrected chi connectivity index (χ3v) is 5.58. The molecule has 0 atom stereocenters. The van der Waals surface area contributed by atoms with Crippen LogP contribution in [0.5, 0.6) is 0 Å². The molecule has 4 N–H and O–H groups in total. The number of hydrogen-bond acceptors (Lipinski definition) is 4. The molecule has 8 heteroatoms. The lowest BCUT2D eigenvalue weighted by Crippen LogP contribution is -2.16. The van der Waals surface area contributed by atoms with Gasteiger partial charge in [-0.15, -0.1) is 11.3 Å². The van der Waals surface area contributed by atoms with Crippen LogP contribution in [0.1, 0.15) is 46.0 Å². The van der Waals surface area contributed by atoms with Gasteiger partial charge in [-0.25, -0.2) is 4.79 Å². The molecule has 0 aliphatic carbocycles. The molecule has 0 radical (unpaired) electrons. The van der Waals surface area contributed by atoms with Crippen molar-refractivity contribution < 1.29 is 9.59 Å². The lowest BCUT2D eigenvalue weighted by molar-refractivity contribution is 0.102. The number of aromatic amines is 2. The Morgan fingerprint density at radius 3 is 2.37 bits per heavy atom. The van der Waals surface area contributed by atoms with Crippen LogP contribution < -0.4 is 16.3 Å². The monoisotopic (exact) mass is 420 g/mol. The van der Waals surface area contributed by atoms with Gasteiger partial charge in [0.05, 0.1) is 16.6 Å². The SMILES string of the molecule is CC(C)c1ccc(C(=O)Nc2sccc2C(=O)Nc2ccc3[nH]c(=O)[nH]c3c2)cc1. The molecule has 152 valence electrons. The Labute approximate surface area is 176 Å². The van der Waals surface area contributed by atoms with Crippen LogP contribution in [-0.4, -0.2) is 21.8 Å². The number of thiophene rings is 1. The van der Waals surface area contributed by atoms with E-state index in [1.807, 2.05) is 12.1 Å². The summed E-state index contributed by atoms with van der Waals surface area (Å²) in [6.07, 6.45) is 0. The summed E-state index contributed by atoms with van der Waals surface area (Å²) < 4.78 is 0. The van der Waals surface area contributed by atoms with Crippen LogP contribution in [0.15, 0.2) is 58.7 Å². The number of aromatic nitrogens is 2. The molecular weight excluding hydrogens is 400 g/mol. The second kappa shape index (κ2) is 8.00. The topological polar surface area (TPSA) is 107 Å². The van der Waals surface area contributed by atoms with E-state index in [2.05, 4.69) is 34.4 Å². The van der Waals surface area contributed by atoms with Crippen molar-refractivity contribution in [1.29, 1.82) is 0 Å². The van der Waals surface area contributed by atoms with Gasteiger partial charge in [0.15, 0.2) is 0 Å². The summed E-state index contributed by atoms with van der Waals surface area (Å²) in [6.45, 7) is 4.19. The molecule has 4 aromatic rings. The Balaban J connectivity index is 1.49. The maximum absolute atomic E-state index is 12.7. The number of H-pyrrole nitrogens is 2. The fraction of sp³-hybridized carbons (Fsp3) is 0.136. The highest BCUT2D eigenvalue weighted by Crippen LogP contribution is 2.26. The van der Waals surface area contributed by atoms with Crippen LogP contribution in [0.4, 0.5) is 10.7 Å². The average Bonchev–Trinajstić information content (AvgIpc) is 3.33. The highest BCUT2D eigenvalue weighted by Gasteiger charge is 2.16. The molecule has 0 bridgehead atoms. The number of imidazole rings is 1. The fourth-order valence-corrected chi connectivity index (χ4v) is 3.87. The number of carbonyl (C=O) groups is 2. The second-order valence-corrected chi connectivity index (χ2v) is 8.10. The van der Waals surface area contributed by atoms with Crippen LogP contribution in [0.2, 0.25) is 0 Å². The summed E-state index contributed by atoms with van der Waals surface area (Å²) in [6, 6.07) is 14.2. The zero-order valence-electron chi connectivity index (χ0n) is 16.4. The molecule has 2 aromatic carbocycles. The van der Waals surface area contributed by atoms with Gasteiger partial charge in [-0.05, 0) is 53.3 Å². The second-order valence-electron chi connectivity index (χ2n) is 7.19. The highest BCUT2D eigenvalue weighted by atomic mass is 32.1. The van der Waals surface area contributed by atoms with E-state index in [4.69, 9.17) is 0 Å². The molecular formula is C22H20N4O3S. The van der Waals surface area contributed by atoms with Crippen molar-refractivity contribution in [3.63, 3.8) is 0 Å². The number of amides is 2. The number of carbonyl (C=O) groups excluding carboxylic acids is 2. The minimum atomic E-state index is -0.348. The largest absolute Gasteiger partial charge is 0.323 e. The first kappa shape index (κ1) is 19.7. The van der Waals surface area contributed by atoms with Crippen molar-refractivity contribution in [2.45, 2.75) is 19.8 Å². The van der Waals surface area contributed by atoms with Crippen molar-refractivity contribution in [3.05, 3.63) is 81.1 Å². The van der Waals surface area contributed by atoms with Crippen LogP contribution in [0, 0.1) is 0 Å². The molecule has 2 heterocycles. The molecule has 30 heavy (non-hydrogen) atoms. The van der Waals surface area contributed by atoms with Gasteiger partial charge in [0.2, 0.25) is 0 Å². The molecule has 0 aliphatic heterocycles. The van der Waals surface area contributed by atoms with E-state index in [0.29, 0.717) is 38.8 Å².